The van der Waals surface area contributed by atoms with Crippen LogP contribution in [0.5, 0.6) is 0 Å². The van der Waals surface area contributed by atoms with Crippen molar-refractivity contribution in [2.24, 2.45) is 5.92 Å². The first-order chi connectivity index (χ1) is 6.31. The van der Waals surface area contributed by atoms with Gasteiger partial charge in [-0.1, -0.05) is 0 Å². The molecule has 1 unspecified atom stereocenters. The van der Waals surface area contributed by atoms with Crippen molar-refractivity contribution in [3.8, 4) is 0 Å². The molecule has 1 aromatic heterocycles. The fourth-order valence-corrected chi connectivity index (χ4v) is 1.64. The van der Waals surface area contributed by atoms with Crippen molar-refractivity contribution in [1.82, 2.24) is 9.97 Å². The molecule has 4 nitrogen and oxygen atoms in total. The highest BCUT2D eigenvalue weighted by Crippen LogP contribution is 2.24. The lowest BCUT2D eigenvalue weighted by atomic mass is 10.1. The maximum atomic E-state index is 11.2. The van der Waals surface area contributed by atoms with E-state index in [9.17, 15) is 4.79 Å². The second kappa shape index (κ2) is 3.12. The van der Waals surface area contributed by atoms with Crippen molar-refractivity contribution in [2.45, 2.75) is 12.8 Å². The third-order valence-corrected chi connectivity index (χ3v) is 2.32. The predicted octanol–water partition coefficient (Wildman–Crippen LogP) is 0.364. The second-order valence-electron chi connectivity index (χ2n) is 3.12. The van der Waals surface area contributed by atoms with E-state index in [1.54, 1.807) is 6.20 Å². The number of nitrogens with zero attached hydrogens (tertiary/aromatic N) is 2. The summed E-state index contributed by atoms with van der Waals surface area (Å²) in [6, 6.07) is 0. The van der Waals surface area contributed by atoms with Crippen LogP contribution in [0.1, 0.15) is 11.3 Å². The van der Waals surface area contributed by atoms with Gasteiger partial charge >= 0.3 is 5.97 Å². The lowest BCUT2D eigenvalue weighted by Gasteiger charge is -2.03. The summed E-state index contributed by atoms with van der Waals surface area (Å²) in [5, 5.41) is 0. The van der Waals surface area contributed by atoms with Crippen LogP contribution < -0.4 is 0 Å². The standard InChI is InChI=1S/C9H10N2O2/c1-13-9(12)6-2-7-4-10-5-11-8(7)3-6/h4-6H,2-3H2,1H3. The lowest BCUT2D eigenvalue weighted by molar-refractivity contribution is -0.145. The van der Waals surface area contributed by atoms with Crippen molar-refractivity contribution in [3.05, 3.63) is 23.8 Å². The Hall–Kier alpha value is -1.45. The second-order valence-corrected chi connectivity index (χ2v) is 3.12. The Morgan fingerprint density at radius 3 is 3.15 bits per heavy atom. The van der Waals surface area contributed by atoms with Crippen molar-refractivity contribution >= 4 is 5.97 Å². The third-order valence-electron chi connectivity index (χ3n) is 2.32. The molecular weight excluding hydrogens is 168 g/mol. The highest BCUT2D eigenvalue weighted by molar-refractivity contribution is 5.74. The van der Waals surface area contributed by atoms with Crippen LogP contribution in [0.4, 0.5) is 0 Å². The molecule has 68 valence electrons. The Morgan fingerprint density at radius 1 is 1.62 bits per heavy atom. The van der Waals surface area contributed by atoms with Crippen LogP contribution in [0.15, 0.2) is 12.5 Å². The SMILES string of the molecule is COC(=O)C1Cc2cncnc2C1. The summed E-state index contributed by atoms with van der Waals surface area (Å²) in [6.07, 6.45) is 4.68. The monoisotopic (exact) mass is 178 g/mol. The number of aromatic nitrogens is 2. The van der Waals surface area contributed by atoms with Gasteiger partial charge in [0.15, 0.2) is 0 Å². The Balaban J connectivity index is 2.18. The Morgan fingerprint density at radius 2 is 2.46 bits per heavy atom. The minimum Gasteiger partial charge on any atom is -0.469 e. The number of rotatable bonds is 1. The molecule has 13 heavy (non-hydrogen) atoms. The summed E-state index contributed by atoms with van der Waals surface area (Å²) in [4.78, 5) is 19.2. The first-order valence-electron chi connectivity index (χ1n) is 4.17. The molecule has 0 saturated carbocycles. The van der Waals surface area contributed by atoms with Crippen LogP contribution in [0.25, 0.3) is 0 Å². The first-order valence-corrected chi connectivity index (χ1v) is 4.17. The highest BCUT2D eigenvalue weighted by atomic mass is 16.5. The van der Waals surface area contributed by atoms with Gasteiger partial charge in [0, 0.05) is 18.3 Å². The van der Waals surface area contributed by atoms with Crippen molar-refractivity contribution in [3.63, 3.8) is 0 Å². The average molecular weight is 178 g/mol. The quantitative estimate of drug-likeness (QED) is 0.583. The zero-order chi connectivity index (χ0) is 9.26. The zero-order valence-corrected chi connectivity index (χ0v) is 7.36. The number of carbonyl (C=O) groups is 1. The first kappa shape index (κ1) is 8.16. The summed E-state index contributed by atoms with van der Waals surface area (Å²) in [5.41, 5.74) is 2.04. The number of carbonyl (C=O) groups excluding carboxylic acids is 1. The van der Waals surface area contributed by atoms with E-state index < -0.39 is 0 Å². The molecule has 0 aromatic carbocycles. The van der Waals surface area contributed by atoms with Crippen LogP contribution in [0, 0.1) is 5.92 Å². The fourth-order valence-electron chi connectivity index (χ4n) is 1.64. The molecule has 0 amide bonds. The number of methoxy groups -OCH3 is 1. The van der Waals surface area contributed by atoms with Gasteiger partial charge in [-0.2, -0.15) is 0 Å². The maximum Gasteiger partial charge on any atom is 0.309 e. The smallest absolute Gasteiger partial charge is 0.309 e. The Labute approximate surface area is 76.0 Å². The molecule has 1 heterocycles. The number of hydrogen-bond donors (Lipinski definition) is 0. The Bertz CT molecular complexity index is 313. The van der Waals surface area contributed by atoms with Crippen LogP contribution >= 0.6 is 0 Å². The molecule has 0 radical (unpaired) electrons. The molecule has 1 aliphatic rings. The van der Waals surface area contributed by atoms with Gasteiger partial charge in [-0.15, -0.1) is 0 Å². The molecule has 0 aliphatic heterocycles. The van der Waals surface area contributed by atoms with Crippen LogP contribution in [-0.2, 0) is 22.4 Å². The van der Waals surface area contributed by atoms with Crippen molar-refractivity contribution < 1.29 is 9.53 Å². The highest BCUT2D eigenvalue weighted by Gasteiger charge is 2.28. The normalized spacial score (nSPS) is 19.6. The van der Waals surface area contributed by atoms with E-state index in [1.807, 2.05) is 0 Å². The third kappa shape index (κ3) is 1.39. The number of ether oxygens (including phenoxy) is 1. The molecule has 1 atom stereocenters. The summed E-state index contributed by atoms with van der Waals surface area (Å²) in [6.45, 7) is 0. The molecule has 2 rings (SSSR count). The molecule has 0 saturated heterocycles. The van der Waals surface area contributed by atoms with E-state index in [0.717, 1.165) is 11.3 Å². The minimum atomic E-state index is -0.155. The van der Waals surface area contributed by atoms with Gasteiger partial charge in [-0.25, -0.2) is 9.97 Å². The van der Waals surface area contributed by atoms with E-state index in [1.165, 1.54) is 13.4 Å². The van der Waals surface area contributed by atoms with Gasteiger partial charge < -0.3 is 4.74 Å². The van der Waals surface area contributed by atoms with E-state index in [4.69, 9.17) is 0 Å². The van der Waals surface area contributed by atoms with Gasteiger partial charge in [0.2, 0.25) is 0 Å². The number of hydrogen-bond acceptors (Lipinski definition) is 4. The van der Waals surface area contributed by atoms with Crippen LogP contribution in [-0.4, -0.2) is 23.0 Å². The topological polar surface area (TPSA) is 52.1 Å². The summed E-state index contributed by atoms with van der Waals surface area (Å²) in [7, 11) is 1.41. The molecule has 1 aromatic rings. The Kier molecular flexibility index (Phi) is 1.96. The van der Waals surface area contributed by atoms with E-state index >= 15 is 0 Å². The zero-order valence-electron chi connectivity index (χ0n) is 7.36. The van der Waals surface area contributed by atoms with Crippen molar-refractivity contribution in [2.75, 3.05) is 7.11 Å². The molecule has 1 aliphatic carbocycles. The van der Waals surface area contributed by atoms with E-state index in [2.05, 4.69) is 14.7 Å². The summed E-state index contributed by atoms with van der Waals surface area (Å²) < 4.78 is 4.68. The van der Waals surface area contributed by atoms with Gasteiger partial charge in [0.25, 0.3) is 0 Å². The predicted molar refractivity (Wildman–Crippen MR) is 44.9 cm³/mol. The average Bonchev–Trinajstić information content (AvgIpc) is 2.59. The molecule has 4 heteroatoms. The van der Waals surface area contributed by atoms with Crippen molar-refractivity contribution in [1.29, 1.82) is 0 Å². The largest absolute Gasteiger partial charge is 0.469 e. The van der Waals surface area contributed by atoms with Crippen LogP contribution in [0.3, 0.4) is 0 Å². The fraction of sp³-hybridized carbons (Fsp3) is 0.444. The minimum absolute atomic E-state index is 0.0586. The maximum absolute atomic E-state index is 11.2. The molecule has 0 bridgehead atoms. The molecule has 0 spiro atoms. The summed E-state index contributed by atoms with van der Waals surface area (Å²) >= 11 is 0. The van der Waals surface area contributed by atoms with Gasteiger partial charge in [-0.05, 0) is 12.0 Å². The molecule has 0 fully saturated rings. The lowest BCUT2D eigenvalue weighted by Crippen LogP contribution is -2.16. The number of esters is 1. The van der Waals surface area contributed by atoms with Gasteiger partial charge in [0.05, 0.1) is 13.0 Å². The van der Waals surface area contributed by atoms with Gasteiger partial charge in [-0.3, -0.25) is 4.79 Å². The molecular formula is C9H10N2O2. The van der Waals surface area contributed by atoms with Crippen LogP contribution in [0.2, 0.25) is 0 Å². The van der Waals surface area contributed by atoms with E-state index in [-0.39, 0.29) is 11.9 Å². The van der Waals surface area contributed by atoms with E-state index in [0.29, 0.717) is 12.8 Å². The molecule has 0 N–H and O–H groups in total. The number of fused-ring (bicyclic) bond motifs is 1. The summed E-state index contributed by atoms with van der Waals surface area (Å²) in [5.74, 6) is -0.213. The van der Waals surface area contributed by atoms with Gasteiger partial charge in [0.1, 0.15) is 6.33 Å².